The number of carbonyl (C=O) groups excluding carboxylic acids is 1. The number of alkyl halides is 3. The topological polar surface area (TPSA) is 53.2 Å². The first-order chi connectivity index (χ1) is 12.8. The van der Waals surface area contributed by atoms with E-state index >= 15 is 0 Å². The van der Waals surface area contributed by atoms with Crippen LogP contribution >= 0.6 is 12.2 Å². The van der Waals surface area contributed by atoms with E-state index in [0.717, 1.165) is 6.07 Å². The molecule has 2 aromatic rings. The van der Waals surface area contributed by atoms with Gasteiger partial charge in [0, 0.05) is 11.4 Å². The number of hydrogen-bond donors (Lipinski definition) is 3. The summed E-state index contributed by atoms with van der Waals surface area (Å²) < 4.78 is 40.4. The molecule has 140 valence electrons. The molecule has 1 amide bonds. The Bertz CT molecular complexity index is 910. The third kappa shape index (κ3) is 4.11. The normalized spacial score (nSPS) is 17.2. The molecular formula is C19H16F3N3OS. The molecule has 0 spiro atoms. The Kier molecular flexibility index (Phi) is 5.18. The van der Waals surface area contributed by atoms with Crippen molar-refractivity contribution in [3.05, 3.63) is 77.0 Å². The Balaban J connectivity index is 2.04. The molecule has 0 aromatic heterocycles. The summed E-state index contributed by atoms with van der Waals surface area (Å²) in [6, 6.07) is 12.8. The van der Waals surface area contributed by atoms with E-state index in [2.05, 4.69) is 16.0 Å². The van der Waals surface area contributed by atoms with Crippen LogP contribution in [0, 0.1) is 0 Å². The minimum atomic E-state index is -4.56. The second-order valence-electron chi connectivity index (χ2n) is 5.98. The lowest BCUT2D eigenvalue weighted by atomic mass is 9.91. The highest BCUT2D eigenvalue weighted by molar-refractivity contribution is 7.80. The second-order valence-corrected chi connectivity index (χ2v) is 6.38. The molecule has 0 aliphatic carbocycles. The van der Waals surface area contributed by atoms with Crippen molar-refractivity contribution in [3.63, 3.8) is 0 Å². The van der Waals surface area contributed by atoms with Crippen molar-refractivity contribution in [1.82, 2.24) is 10.6 Å². The van der Waals surface area contributed by atoms with Crippen LogP contribution in [0.15, 0.2) is 65.9 Å². The predicted molar refractivity (Wildman–Crippen MR) is 101 cm³/mol. The number of hydrogen-bond acceptors (Lipinski definition) is 2. The van der Waals surface area contributed by atoms with Gasteiger partial charge >= 0.3 is 6.18 Å². The number of amides is 1. The largest absolute Gasteiger partial charge is 0.416 e. The van der Waals surface area contributed by atoms with E-state index in [1.165, 1.54) is 18.2 Å². The van der Waals surface area contributed by atoms with Crippen LogP contribution in [0.3, 0.4) is 0 Å². The molecule has 2 aromatic carbocycles. The second kappa shape index (κ2) is 7.40. The van der Waals surface area contributed by atoms with E-state index < -0.39 is 23.7 Å². The maximum Gasteiger partial charge on any atom is 0.416 e. The minimum absolute atomic E-state index is 0.0635. The number of nitrogens with one attached hydrogen (secondary N) is 3. The summed E-state index contributed by atoms with van der Waals surface area (Å²) in [6.07, 6.45) is -4.56. The van der Waals surface area contributed by atoms with Gasteiger partial charge in [-0.1, -0.05) is 36.4 Å². The van der Waals surface area contributed by atoms with Gasteiger partial charge in [0.05, 0.1) is 17.2 Å². The lowest BCUT2D eigenvalue weighted by Gasteiger charge is -2.31. The van der Waals surface area contributed by atoms with E-state index in [9.17, 15) is 18.0 Å². The molecule has 3 rings (SSSR count). The van der Waals surface area contributed by atoms with E-state index in [0.29, 0.717) is 11.4 Å². The fraction of sp³-hybridized carbons (Fsp3) is 0.158. The van der Waals surface area contributed by atoms with Gasteiger partial charge in [0.1, 0.15) is 0 Å². The van der Waals surface area contributed by atoms with E-state index in [-0.39, 0.29) is 16.2 Å². The van der Waals surface area contributed by atoms with Crippen molar-refractivity contribution < 1.29 is 18.0 Å². The molecule has 0 bridgehead atoms. The van der Waals surface area contributed by atoms with E-state index in [4.69, 9.17) is 12.2 Å². The first kappa shape index (κ1) is 18.9. The van der Waals surface area contributed by atoms with Crippen molar-refractivity contribution in [2.75, 3.05) is 5.32 Å². The van der Waals surface area contributed by atoms with E-state index in [1.54, 1.807) is 37.3 Å². The molecule has 0 fully saturated rings. The monoisotopic (exact) mass is 391 g/mol. The summed E-state index contributed by atoms with van der Waals surface area (Å²) >= 11 is 5.10. The van der Waals surface area contributed by atoms with Crippen LogP contribution in [0.25, 0.3) is 0 Å². The van der Waals surface area contributed by atoms with Crippen molar-refractivity contribution in [2.45, 2.75) is 19.1 Å². The molecular weight excluding hydrogens is 375 g/mol. The van der Waals surface area contributed by atoms with Gasteiger partial charge in [0.15, 0.2) is 5.11 Å². The van der Waals surface area contributed by atoms with Crippen LogP contribution in [-0.4, -0.2) is 11.0 Å². The Morgan fingerprint density at radius 3 is 2.37 bits per heavy atom. The van der Waals surface area contributed by atoms with Gasteiger partial charge in [-0.3, -0.25) is 4.79 Å². The third-order valence-corrected chi connectivity index (χ3v) is 4.34. The number of benzene rings is 2. The maximum atomic E-state index is 13.5. The summed E-state index contributed by atoms with van der Waals surface area (Å²) in [4.78, 5) is 12.9. The molecule has 0 saturated heterocycles. The van der Waals surface area contributed by atoms with Crippen LogP contribution in [-0.2, 0) is 11.0 Å². The predicted octanol–water partition coefficient (Wildman–Crippen LogP) is 4.14. The Morgan fingerprint density at radius 1 is 1.07 bits per heavy atom. The van der Waals surface area contributed by atoms with Gasteiger partial charge in [-0.15, -0.1) is 0 Å². The summed E-state index contributed by atoms with van der Waals surface area (Å²) in [5.41, 5.74) is 0.202. The van der Waals surface area contributed by atoms with Crippen molar-refractivity contribution >= 4 is 28.9 Å². The summed E-state index contributed by atoms with van der Waals surface area (Å²) in [5, 5.41) is 8.48. The Hall–Kier alpha value is -2.87. The zero-order chi connectivity index (χ0) is 19.6. The zero-order valence-electron chi connectivity index (χ0n) is 14.2. The third-order valence-electron chi connectivity index (χ3n) is 4.12. The summed E-state index contributed by atoms with van der Waals surface area (Å²) in [5.74, 6) is -0.511. The SMILES string of the molecule is CC1=C(C(=O)Nc2ccccc2)C(c2ccccc2C(F)(F)F)NC(=S)N1. The fourth-order valence-electron chi connectivity index (χ4n) is 2.95. The van der Waals surface area contributed by atoms with E-state index in [1.807, 2.05) is 0 Å². The molecule has 4 nitrogen and oxygen atoms in total. The number of halogens is 3. The number of rotatable bonds is 3. The molecule has 1 aliphatic heterocycles. The van der Waals surface area contributed by atoms with Crippen molar-refractivity contribution in [3.8, 4) is 0 Å². The maximum absolute atomic E-state index is 13.5. The first-order valence-corrected chi connectivity index (χ1v) is 8.49. The lowest BCUT2D eigenvalue weighted by molar-refractivity contribution is -0.138. The highest BCUT2D eigenvalue weighted by atomic mass is 32.1. The lowest BCUT2D eigenvalue weighted by Crippen LogP contribution is -2.46. The number of anilines is 1. The van der Waals surface area contributed by atoms with Crippen LogP contribution < -0.4 is 16.0 Å². The van der Waals surface area contributed by atoms with Gasteiger partial charge in [0.2, 0.25) is 0 Å². The molecule has 1 atom stereocenters. The molecule has 1 unspecified atom stereocenters. The van der Waals surface area contributed by atoms with Crippen LogP contribution in [0.2, 0.25) is 0 Å². The molecule has 0 radical (unpaired) electrons. The smallest absolute Gasteiger partial charge is 0.351 e. The summed E-state index contributed by atoms with van der Waals surface area (Å²) in [6.45, 7) is 1.61. The Morgan fingerprint density at radius 2 is 1.70 bits per heavy atom. The average molecular weight is 391 g/mol. The quantitative estimate of drug-likeness (QED) is 0.689. The van der Waals surface area contributed by atoms with Gasteiger partial charge in [-0.2, -0.15) is 13.2 Å². The van der Waals surface area contributed by atoms with Gasteiger partial charge in [-0.25, -0.2) is 0 Å². The zero-order valence-corrected chi connectivity index (χ0v) is 15.0. The average Bonchev–Trinajstić information content (AvgIpc) is 2.61. The number of carbonyl (C=O) groups is 1. The van der Waals surface area contributed by atoms with Gasteiger partial charge in [-0.05, 0) is 42.9 Å². The highest BCUT2D eigenvalue weighted by Gasteiger charge is 2.38. The number of thiocarbonyl (C=S) groups is 1. The molecule has 0 saturated carbocycles. The first-order valence-electron chi connectivity index (χ1n) is 8.08. The van der Waals surface area contributed by atoms with Crippen molar-refractivity contribution in [2.24, 2.45) is 0 Å². The Labute approximate surface area is 159 Å². The molecule has 27 heavy (non-hydrogen) atoms. The minimum Gasteiger partial charge on any atom is -0.351 e. The van der Waals surface area contributed by atoms with Gasteiger partial charge in [0.25, 0.3) is 5.91 Å². The molecule has 8 heteroatoms. The van der Waals surface area contributed by atoms with Gasteiger partial charge < -0.3 is 16.0 Å². The fourth-order valence-corrected chi connectivity index (χ4v) is 3.23. The highest BCUT2D eigenvalue weighted by Crippen LogP contribution is 2.38. The molecule has 1 heterocycles. The standard InChI is InChI=1S/C19H16F3N3OS/c1-11-15(17(26)24-12-7-3-2-4-8-12)16(25-18(27)23-11)13-9-5-6-10-14(13)19(20,21)22/h2-10,16H,1H3,(H,24,26)(H2,23,25,27). The van der Waals surface area contributed by atoms with Crippen LogP contribution in [0.5, 0.6) is 0 Å². The number of para-hydroxylation sites is 1. The van der Waals surface area contributed by atoms with Crippen LogP contribution in [0.4, 0.5) is 18.9 Å². The van der Waals surface area contributed by atoms with Crippen LogP contribution in [0.1, 0.15) is 24.1 Å². The number of allylic oxidation sites excluding steroid dienone is 1. The molecule has 3 N–H and O–H groups in total. The van der Waals surface area contributed by atoms with Crippen molar-refractivity contribution in [1.29, 1.82) is 0 Å². The molecule has 1 aliphatic rings. The summed E-state index contributed by atoms with van der Waals surface area (Å²) in [7, 11) is 0.